The van der Waals surface area contributed by atoms with Crippen molar-refractivity contribution in [2.75, 3.05) is 26.7 Å². The maximum atomic E-state index is 11.6. The quantitative estimate of drug-likeness (QED) is 0.647. The van der Waals surface area contributed by atoms with E-state index in [-0.39, 0.29) is 17.5 Å². The van der Waals surface area contributed by atoms with Gasteiger partial charge in [0.1, 0.15) is 6.04 Å². The number of likely N-dealkylation sites (N-methyl/N-ethyl adjacent to an activating group) is 1. The summed E-state index contributed by atoms with van der Waals surface area (Å²) in [7, 11) is 1.88. The molecule has 0 saturated carbocycles. The second-order valence-corrected chi connectivity index (χ2v) is 4.73. The van der Waals surface area contributed by atoms with Gasteiger partial charge in [0, 0.05) is 25.2 Å². The van der Waals surface area contributed by atoms with E-state index in [1.807, 2.05) is 7.05 Å². The Labute approximate surface area is 86.0 Å². The van der Waals surface area contributed by atoms with Crippen molar-refractivity contribution < 1.29 is 4.79 Å². The van der Waals surface area contributed by atoms with E-state index in [4.69, 9.17) is 0 Å². The van der Waals surface area contributed by atoms with Crippen molar-refractivity contribution in [3.63, 3.8) is 0 Å². The molecule has 0 aliphatic carbocycles. The summed E-state index contributed by atoms with van der Waals surface area (Å²) >= 11 is 0. The van der Waals surface area contributed by atoms with E-state index in [1.54, 1.807) is 0 Å². The first-order valence-corrected chi connectivity index (χ1v) is 5.16. The third-order valence-corrected chi connectivity index (χ3v) is 2.59. The summed E-state index contributed by atoms with van der Waals surface area (Å²) in [4.78, 5) is 13.9. The molecule has 0 spiro atoms. The van der Waals surface area contributed by atoms with Gasteiger partial charge in [-0.15, -0.1) is 0 Å². The van der Waals surface area contributed by atoms with Gasteiger partial charge in [0.2, 0.25) is 5.91 Å². The molecule has 1 aliphatic rings. The van der Waals surface area contributed by atoms with Crippen LogP contribution in [0.1, 0.15) is 20.8 Å². The maximum absolute atomic E-state index is 11.6. The Kier molecular flexibility index (Phi) is 3.50. The fourth-order valence-electron chi connectivity index (χ4n) is 1.91. The van der Waals surface area contributed by atoms with E-state index < -0.39 is 0 Å². The van der Waals surface area contributed by atoms with Crippen LogP contribution in [0.25, 0.3) is 0 Å². The van der Waals surface area contributed by atoms with Crippen LogP contribution >= 0.6 is 0 Å². The van der Waals surface area contributed by atoms with Crippen LogP contribution in [0.15, 0.2) is 0 Å². The molecule has 14 heavy (non-hydrogen) atoms. The first kappa shape index (κ1) is 11.5. The molecule has 0 radical (unpaired) electrons. The minimum absolute atomic E-state index is 0.0336. The van der Waals surface area contributed by atoms with E-state index in [0.29, 0.717) is 6.54 Å². The summed E-state index contributed by atoms with van der Waals surface area (Å²) in [5.41, 5.74) is 0.0548. The highest BCUT2D eigenvalue weighted by atomic mass is 16.2. The van der Waals surface area contributed by atoms with Gasteiger partial charge < -0.3 is 10.6 Å². The number of carbonyl (C=O) groups is 1. The van der Waals surface area contributed by atoms with E-state index in [0.717, 1.165) is 13.1 Å². The second-order valence-electron chi connectivity index (χ2n) is 4.73. The summed E-state index contributed by atoms with van der Waals surface area (Å²) in [6, 6.07) is -0.0336. The normalized spacial score (nSPS) is 24.9. The molecule has 1 fully saturated rings. The molecule has 0 bridgehead atoms. The van der Waals surface area contributed by atoms with Crippen LogP contribution in [0.2, 0.25) is 0 Å². The van der Waals surface area contributed by atoms with Gasteiger partial charge in [0.05, 0.1) is 0 Å². The topological polar surface area (TPSA) is 44.4 Å². The average Bonchev–Trinajstić information content (AvgIpc) is 2.07. The zero-order valence-electron chi connectivity index (χ0n) is 9.55. The minimum atomic E-state index is -0.0336. The molecule has 1 unspecified atom stereocenters. The summed E-state index contributed by atoms with van der Waals surface area (Å²) in [5.74, 6) is 0.139. The van der Waals surface area contributed by atoms with Gasteiger partial charge in [0.25, 0.3) is 0 Å². The predicted octanol–water partition coefficient (Wildman–Crippen LogP) is -0.195. The Balaban J connectivity index is 2.74. The number of hydrogen-bond donors (Lipinski definition) is 2. The number of nitrogens with one attached hydrogen (secondary N) is 2. The third kappa shape index (κ3) is 2.45. The van der Waals surface area contributed by atoms with Crippen molar-refractivity contribution in [1.29, 1.82) is 0 Å². The summed E-state index contributed by atoms with van der Waals surface area (Å²) in [6.07, 6.45) is 0. The molecule has 4 heteroatoms. The molecular formula is C10H21N3O. The number of carbonyl (C=O) groups excluding carboxylic acids is 1. The fraction of sp³-hybridized carbons (Fsp3) is 0.900. The number of amides is 1. The van der Waals surface area contributed by atoms with Gasteiger partial charge >= 0.3 is 0 Å². The number of hydrogen-bond acceptors (Lipinski definition) is 3. The van der Waals surface area contributed by atoms with Crippen LogP contribution in [0.3, 0.4) is 0 Å². The first-order chi connectivity index (χ1) is 6.46. The lowest BCUT2D eigenvalue weighted by Gasteiger charge is -2.43. The standard InChI is InChI=1S/C10H21N3O/c1-10(2,3)13-6-5-12-9(14)8(13)7-11-4/h8,11H,5-7H2,1-4H3,(H,12,14). The Bertz CT molecular complexity index is 210. The van der Waals surface area contributed by atoms with Crippen LogP contribution in [0, 0.1) is 0 Å². The molecule has 0 aromatic heterocycles. The van der Waals surface area contributed by atoms with Crippen molar-refractivity contribution in [1.82, 2.24) is 15.5 Å². The van der Waals surface area contributed by atoms with Gasteiger partial charge in [-0.25, -0.2) is 0 Å². The van der Waals surface area contributed by atoms with Crippen molar-refractivity contribution in [2.45, 2.75) is 32.4 Å². The van der Waals surface area contributed by atoms with E-state index >= 15 is 0 Å². The Morgan fingerprint density at radius 2 is 2.21 bits per heavy atom. The third-order valence-electron chi connectivity index (χ3n) is 2.59. The lowest BCUT2D eigenvalue weighted by Crippen LogP contribution is -2.63. The molecule has 82 valence electrons. The molecule has 1 saturated heterocycles. The van der Waals surface area contributed by atoms with Crippen LogP contribution in [-0.4, -0.2) is 49.1 Å². The number of piperazine rings is 1. The lowest BCUT2D eigenvalue weighted by atomic mass is 10.0. The number of nitrogens with zero attached hydrogens (tertiary/aromatic N) is 1. The molecule has 0 aromatic carbocycles. The zero-order chi connectivity index (χ0) is 10.8. The summed E-state index contributed by atoms with van der Waals surface area (Å²) in [5, 5.41) is 5.97. The van der Waals surface area contributed by atoms with E-state index in [9.17, 15) is 4.79 Å². The highest BCUT2D eigenvalue weighted by Gasteiger charge is 2.35. The van der Waals surface area contributed by atoms with Gasteiger partial charge in [-0.3, -0.25) is 9.69 Å². The zero-order valence-corrected chi connectivity index (χ0v) is 9.55. The molecular weight excluding hydrogens is 178 g/mol. The van der Waals surface area contributed by atoms with Crippen molar-refractivity contribution >= 4 is 5.91 Å². The number of rotatable bonds is 2. The van der Waals surface area contributed by atoms with Crippen LogP contribution in [0.4, 0.5) is 0 Å². The summed E-state index contributed by atoms with van der Waals surface area (Å²) in [6.45, 7) is 8.85. The van der Waals surface area contributed by atoms with Crippen LogP contribution in [0.5, 0.6) is 0 Å². The highest BCUT2D eigenvalue weighted by Crippen LogP contribution is 2.18. The first-order valence-electron chi connectivity index (χ1n) is 5.16. The predicted molar refractivity (Wildman–Crippen MR) is 57.2 cm³/mol. The molecule has 1 atom stereocenters. The van der Waals surface area contributed by atoms with Gasteiger partial charge in [-0.1, -0.05) is 0 Å². The fourth-order valence-corrected chi connectivity index (χ4v) is 1.91. The average molecular weight is 199 g/mol. The van der Waals surface area contributed by atoms with Gasteiger partial charge in [0.15, 0.2) is 0 Å². The lowest BCUT2D eigenvalue weighted by molar-refractivity contribution is -0.131. The van der Waals surface area contributed by atoms with Gasteiger partial charge in [-0.2, -0.15) is 0 Å². The van der Waals surface area contributed by atoms with Crippen LogP contribution in [-0.2, 0) is 4.79 Å². The minimum Gasteiger partial charge on any atom is -0.353 e. The SMILES string of the molecule is CNCC1C(=O)NCCN1C(C)(C)C. The van der Waals surface area contributed by atoms with E-state index in [1.165, 1.54) is 0 Å². The molecule has 1 amide bonds. The molecule has 2 N–H and O–H groups in total. The Morgan fingerprint density at radius 1 is 1.57 bits per heavy atom. The Hall–Kier alpha value is -0.610. The molecule has 0 aromatic rings. The van der Waals surface area contributed by atoms with E-state index in [2.05, 4.69) is 36.3 Å². The molecule has 1 heterocycles. The molecule has 4 nitrogen and oxygen atoms in total. The maximum Gasteiger partial charge on any atom is 0.238 e. The summed E-state index contributed by atoms with van der Waals surface area (Å²) < 4.78 is 0. The highest BCUT2D eigenvalue weighted by molar-refractivity contribution is 5.82. The molecule has 1 aliphatic heterocycles. The molecule has 1 rings (SSSR count). The Morgan fingerprint density at radius 3 is 2.71 bits per heavy atom. The van der Waals surface area contributed by atoms with Crippen LogP contribution < -0.4 is 10.6 Å². The van der Waals surface area contributed by atoms with Gasteiger partial charge in [-0.05, 0) is 27.8 Å². The largest absolute Gasteiger partial charge is 0.353 e. The monoisotopic (exact) mass is 199 g/mol. The van der Waals surface area contributed by atoms with Crippen molar-refractivity contribution in [3.05, 3.63) is 0 Å². The van der Waals surface area contributed by atoms with Crippen molar-refractivity contribution in [2.24, 2.45) is 0 Å². The second kappa shape index (κ2) is 4.28. The smallest absolute Gasteiger partial charge is 0.238 e. The van der Waals surface area contributed by atoms with Crippen molar-refractivity contribution in [3.8, 4) is 0 Å².